The Morgan fingerprint density at radius 1 is 1.36 bits per heavy atom. The average molecular weight is 191 g/mol. The molecule has 0 bridgehead atoms. The van der Waals surface area contributed by atoms with Crippen LogP contribution in [0.2, 0.25) is 0 Å². The fourth-order valence-corrected chi connectivity index (χ4v) is 1.85. The Labute approximate surface area is 82.2 Å². The molecule has 0 fully saturated rings. The molecule has 0 radical (unpaired) electrons. The second kappa shape index (κ2) is 3.31. The maximum Gasteiger partial charge on any atom is 0.0701 e. The molecule has 14 heavy (non-hydrogen) atoms. The van der Waals surface area contributed by atoms with Gasteiger partial charge < -0.3 is 16.7 Å². The number of benzene rings is 1. The van der Waals surface area contributed by atoms with E-state index in [1.54, 1.807) is 0 Å². The monoisotopic (exact) mass is 191 g/mol. The third-order valence-electron chi connectivity index (χ3n) is 2.48. The van der Waals surface area contributed by atoms with Crippen molar-refractivity contribution in [3.05, 3.63) is 29.3 Å². The molecule has 74 valence electrons. The van der Waals surface area contributed by atoms with Crippen molar-refractivity contribution in [2.75, 3.05) is 5.73 Å². The van der Waals surface area contributed by atoms with Gasteiger partial charge in [0.1, 0.15) is 0 Å². The third kappa shape index (κ3) is 1.44. The highest BCUT2D eigenvalue weighted by atomic mass is 16.3. The van der Waals surface area contributed by atoms with Crippen molar-refractivity contribution in [3.63, 3.8) is 0 Å². The predicted octanol–water partition coefficient (Wildman–Crippen LogP) is 0.239. The minimum Gasteiger partial charge on any atom is -0.399 e. The number of nitrogens with two attached hydrogens (primary N) is 2. The molecule has 1 aromatic rings. The molecule has 1 aromatic carbocycles. The summed E-state index contributed by atoms with van der Waals surface area (Å²) in [5, 5.41) is 13.3. The summed E-state index contributed by atoms with van der Waals surface area (Å²) >= 11 is 0. The number of fused-ring (bicyclic) bond motifs is 1. The number of nitrogens with zero attached hydrogens (tertiary/aromatic N) is 1. The van der Waals surface area contributed by atoms with Crippen molar-refractivity contribution in [2.24, 2.45) is 10.9 Å². The van der Waals surface area contributed by atoms with Crippen LogP contribution in [-0.2, 0) is 6.42 Å². The molecule has 0 spiro atoms. The van der Waals surface area contributed by atoms with Crippen LogP contribution in [0.15, 0.2) is 23.3 Å². The van der Waals surface area contributed by atoms with E-state index in [0.29, 0.717) is 18.5 Å². The summed E-state index contributed by atoms with van der Waals surface area (Å²) in [5.41, 5.74) is 9.14. The predicted molar refractivity (Wildman–Crippen MR) is 55.9 cm³/mol. The van der Waals surface area contributed by atoms with Crippen molar-refractivity contribution in [1.29, 1.82) is 0 Å². The van der Waals surface area contributed by atoms with Crippen molar-refractivity contribution in [1.82, 2.24) is 0 Å². The molecule has 5 N–H and O–H groups in total. The molecule has 4 nitrogen and oxygen atoms in total. The van der Waals surface area contributed by atoms with E-state index in [4.69, 9.17) is 11.6 Å². The maximum absolute atomic E-state index is 9.57. The molecule has 4 heteroatoms. The third-order valence-corrected chi connectivity index (χ3v) is 2.48. The normalized spacial score (nSPS) is 23.5. The zero-order chi connectivity index (χ0) is 10.1. The molecule has 1 unspecified atom stereocenters. The summed E-state index contributed by atoms with van der Waals surface area (Å²) in [6.45, 7) is 0. The molecule has 1 atom stereocenters. The van der Waals surface area contributed by atoms with Gasteiger partial charge in [0, 0.05) is 17.7 Å². The standard InChI is InChI=1S/C10H13N3O/c11-7-1-2-9-6(3-7)4-8(14)5-10(9)13-12/h1-3,8,14H,4-5,11-12H2. The fraction of sp³-hybridized carbons (Fsp3) is 0.300. The van der Waals surface area contributed by atoms with Gasteiger partial charge >= 0.3 is 0 Å². The second-order valence-electron chi connectivity index (χ2n) is 3.55. The van der Waals surface area contributed by atoms with Gasteiger partial charge in [-0.2, -0.15) is 5.10 Å². The number of hydrazone groups is 1. The van der Waals surface area contributed by atoms with Gasteiger partial charge in [0.25, 0.3) is 0 Å². The first-order valence-electron chi connectivity index (χ1n) is 4.54. The summed E-state index contributed by atoms with van der Waals surface area (Å²) in [7, 11) is 0. The molecule has 2 rings (SSSR count). The lowest BCUT2D eigenvalue weighted by atomic mass is 9.88. The number of rotatable bonds is 0. The molecule has 1 aliphatic carbocycles. The van der Waals surface area contributed by atoms with Crippen LogP contribution in [0.5, 0.6) is 0 Å². The van der Waals surface area contributed by atoms with Crippen molar-refractivity contribution >= 4 is 11.4 Å². The quantitative estimate of drug-likeness (QED) is 0.312. The van der Waals surface area contributed by atoms with E-state index in [1.807, 2.05) is 18.2 Å². The number of hydrogen-bond acceptors (Lipinski definition) is 4. The largest absolute Gasteiger partial charge is 0.399 e. The summed E-state index contributed by atoms with van der Waals surface area (Å²) in [6, 6.07) is 5.59. The van der Waals surface area contributed by atoms with E-state index in [9.17, 15) is 5.11 Å². The van der Waals surface area contributed by atoms with Gasteiger partial charge in [0.05, 0.1) is 11.8 Å². The zero-order valence-electron chi connectivity index (χ0n) is 7.77. The van der Waals surface area contributed by atoms with Crippen LogP contribution >= 0.6 is 0 Å². The molecule has 0 aromatic heterocycles. The Hall–Kier alpha value is -1.55. The highest BCUT2D eigenvalue weighted by Crippen LogP contribution is 2.23. The fourth-order valence-electron chi connectivity index (χ4n) is 1.85. The Balaban J connectivity index is 2.51. The number of aliphatic hydroxyl groups excluding tert-OH is 1. The van der Waals surface area contributed by atoms with Crippen LogP contribution in [-0.4, -0.2) is 16.9 Å². The van der Waals surface area contributed by atoms with Crippen LogP contribution in [0.1, 0.15) is 17.5 Å². The first-order chi connectivity index (χ1) is 6.70. The topological polar surface area (TPSA) is 84.6 Å². The van der Waals surface area contributed by atoms with Crippen LogP contribution in [0, 0.1) is 0 Å². The smallest absolute Gasteiger partial charge is 0.0701 e. The van der Waals surface area contributed by atoms with Gasteiger partial charge in [-0.25, -0.2) is 0 Å². The molecular weight excluding hydrogens is 178 g/mol. The van der Waals surface area contributed by atoms with Crippen LogP contribution < -0.4 is 11.6 Å². The van der Waals surface area contributed by atoms with Gasteiger partial charge in [-0.3, -0.25) is 0 Å². The second-order valence-corrected chi connectivity index (χ2v) is 3.55. The molecular formula is C10H13N3O. The molecule has 0 amide bonds. The van der Waals surface area contributed by atoms with E-state index in [0.717, 1.165) is 16.8 Å². The van der Waals surface area contributed by atoms with Gasteiger partial charge in [-0.05, 0) is 24.1 Å². The highest BCUT2D eigenvalue weighted by molar-refractivity contribution is 6.03. The van der Waals surface area contributed by atoms with Crippen LogP contribution in [0.25, 0.3) is 0 Å². The summed E-state index contributed by atoms with van der Waals surface area (Å²) in [4.78, 5) is 0. The van der Waals surface area contributed by atoms with Crippen molar-refractivity contribution in [3.8, 4) is 0 Å². The van der Waals surface area contributed by atoms with Crippen LogP contribution in [0.4, 0.5) is 5.69 Å². The number of nitrogen functional groups attached to an aromatic ring is 1. The van der Waals surface area contributed by atoms with Gasteiger partial charge in [0.15, 0.2) is 0 Å². The Morgan fingerprint density at radius 3 is 2.86 bits per heavy atom. The lowest BCUT2D eigenvalue weighted by Gasteiger charge is -2.21. The molecule has 0 heterocycles. The Kier molecular flexibility index (Phi) is 2.13. The Morgan fingerprint density at radius 2 is 2.14 bits per heavy atom. The number of anilines is 1. The average Bonchev–Trinajstić information content (AvgIpc) is 2.15. The summed E-state index contributed by atoms with van der Waals surface area (Å²) in [6.07, 6.45) is 0.749. The van der Waals surface area contributed by atoms with Crippen molar-refractivity contribution < 1.29 is 5.11 Å². The van der Waals surface area contributed by atoms with Crippen molar-refractivity contribution in [2.45, 2.75) is 18.9 Å². The zero-order valence-corrected chi connectivity index (χ0v) is 7.77. The van der Waals surface area contributed by atoms with E-state index < -0.39 is 6.10 Å². The molecule has 0 aliphatic heterocycles. The SMILES string of the molecule is NN=C1CC(O)Cc2cc(N)ccc21. The lowest BCUT2D eigenvalue weighted by molar-refractivity contribution is 0.180. The van der Waals surface area contributed by atoms with Crippen LogP contribution in [0.3, 0.4) is 0 Å². The first-order valence-corrected chi connectivity index (χ1v) is 4.54. The van der Waals surface area contributed by atoms with Gasteiger partial charge in [-0.15, -0.1) is 0 Å². The molecule has 0 saturated heterocycles. The van der Waals surface area contributed by atoms with Gasteiger partial charge in [0.2, 0.25) is 0 Å². The van der Waals surface area contributed by atoms with E-state index in [-0.39, 0.29) is 0 Å². The highest BCUT2D eigenvalue weighted by Gasteiger charge is 2.21. The summed E-state index contributed by atoms with van der Waals surface area (Å²) in [5.74, 6) is 5.26. The lowest BCUT2D eigenvalue weighted by Crippen LogP contribution is -2.25. The molecule has 0 saturated carbocycles. The summed E-state index contributed by atoms with van der Waals surface area (Å²) < 4.78 is 0. The molecule has 1 aliphatic rings. The van der Waals surface area contributed by atoms with Gasteiger partial charge in [-0.1, -0.05) is 6.07 Å². The van der Waals surface area contributed by atoms with E-state index >= 15 is 0 Å². The number of aliphatic hydroxyl groups is 1. The minimum atomic E-state index is -0.397. The van der Waals surface area contributed by atoms with E-state index in [1.165, 1.54) is 0 Å². The minimum absolute atomic E-state index is 0.397. The van der Waals surface area contributed by atoms with E-state index in [2.05, 4.69) is 5.10 Å². The Bertz CT molecular complexity index is 387. The maximum atomic E-state index is 9.57. The first kappa shape index (κ1) is 9.02. The number of hydrogen-bond donors (Lipinski definition) is 3.